The first-order valence-electron chi connectivity index (χ1n) is 15.4. The van der Waals surface area contributed by atoms with Crippen LogP contribution in [0.4, 0.5) is 11.4 Å². The van der Waals surface area contributed by atoms with Crippen molar-refractivity contribution in [2.45, 2.75) is 50.2 Å². The van der Waals surface area contributed by atoms with Gasteiger partial charge in [-0.05, 0) is 55.2 Å². The monoisotopic (exact) mass is 687 g/mol. The summed E-state index contributed by atoms with van der Waals surface area (Å²) >= 11 is 0. The predicted octanol–water partition coefficient (Wildman–Crippen LogP) is 5.48. The average molecular weight is 688 g/mol. The number of ether oxygens (including phenoxy) is 1. The molecule has 1 aliphatic heterocycles. The molecule has 1 N–H and O–H groups in total. The highest BCUT2D eigenvalue weighted by atomic mass is 32.2. The first-order valence-corrected chi connectivity index (χ1v) is 16.8. The van der Waals surface area contributed by atoms with E-state index in [1.807, 2.05) is 6.92 Å². The lowest BCUT2D eigenvalue weighted by Gasteiger charge is -2.19. The van der Waals surface area contributed by atoms with E-state index in [2.05, 4.69) is 4.72 Å². The Morgan fingerprint density at radius 2 is 1.49 bits per heavy atom. The third-order valence-electron chi connectivity index (χ3n) is 7.80. The second-order valence-corrected chi connectivity index (χ2v) is 13.1. The van der Waals surface area contributed by atoms with Crippen molar-refractivity contribution >= 4 is 33.2 Å². The summed E-state index contributed by atoms with van der Waals surface area (Å²) in [7, 11) is -4.23. The largest absolute Gasteiger partial charge is 0.494 e. The molecule has 0 aromatic heterocycles. The van der Waals surface area contributed by atoms with Gasteiger partial charge in [-0.15, -0.1) is 0 Å². The first-order chi connectivity index (χ1) is 23.4. The summed E-state index contributed by atoms with van der Waals surface area (Å²) in [5.41, 5.74) is 0.141. The highest BCUT2D eigenvalue weighted by Crippen LogP contribution is 2.44. The summed E-state index contributed by atoms with van der Waals surface area (Å²) < 4.78 is 35.3. The molecule has 2 atom stereocenters. The Bertz CT molecular complexity index is 1940. The molecule has 1 heterocycles. The number of hydrazine groups is 1. The summed E-state index contributed by atoms with van der Waals surface area (Å²) in [6, 6.07) is 22.5. The van der Waals surface area contributed by atoms with Crippen LogP contribution in [0.2, 0.25) is 0 Å². The van der Waals surface area contributed by atoms with Gasteiger partial charge in [-0.1, -0.05) is 73.5 Å². The molecule has 14 nitrogen and oxygen atoms in total. The van der Waals surface area contributed by atoms with Gasteiger partial charge in [0.25, 0.3) is 23.2 Å². The summed E-state index contributed by atoms with van der Waals surface area (Å²) in [6.07, 6.45) is 0.626. The zero-order chi connectivity index (χ0) is 35.3. The van der Waals surface area contributed by atoms with Gasteiger partial charge in [-0.2, -0.15) is 4.72 Å². The van der Waals surface area contributed by atoms with E-state index in [0.717, 1.165) is 46.6 Å². The average Bonchev–Trinajstić information content (AvgIpc) is 3.83. The van der Waals surface area contributed by atoms with Gasteiger partial charge < -0.3 is 4.74 Å². The summed E-state index contributed by atoms with van der Waals surface area (Å²) in [4.78, 5) is 49.6. The quantitative estimate of drug-likeness (QED) is 0.0777. The highest BCUT2D eigenvalue weighted by molar-refractivity contribution is 7.89. The van der Waals surface area contributed by atoms with Gasteiger partial charge in [0.2, 0.25) is 10.0 Å². The number of benzene rings is 4. The number of nitrogens with one attached hydrogen (secondary N) is 1. The van der Waals surface area contributed by atoms with Gasteiger partial charge in [0.1, 0.15) is 11.8 Å². The van der Waals surface area contributed by atoms with Crippen LogP contribution in [0.3, 0.4) is 0 Å². The Kier molecular flexibility index (Phi) is 10.3. The molecule has 1 fully saturated rings. The lowest BCUT2D eigenvalue weighted by molar-refractivity contribution is -0.394. The van der Waals surface area contributed by atoms with Crippen molar-refractivity contribution in [1.82, 2.24) is 14.7 Å². The molecule has 0 radical (unpaired) electrons. The van der Waals surface area contributed by atoms with Crippen LogP contribution in [0.25, 0.3) is 0 Å². The third kappa shape index (κ3) is 8.08. The Hall–Kier alpha value is -5.67. The van der Waals surface area contributed by atoms with E-state index < -0.39 is 60.8 Å². The lowest BCUT2D eigenvalue weighted by Crippen LogP contribution is -2.46. The number of nitro benzene ring substituents is 2. The normalized spacial score (nSPS) is 14.6. The van der Waals surface area contributed by atoms with E-state index in [4.69, 9.17) is 4.74 Å². The van der Waals surface area contributed by atoms with Crippen molar-refractivity contribution in [1.29, 1.82) is 0 Å². The number of carbonyl (C=O) groups excluding carboxylic acids is 2. The molecule has 0 unspecified atom stereocenters. The van der Waals surface area contributed by atoms with E-state index in [1.165, 1.54) is 12.1 Å². The Labute approximate surface area is 282 Å². The van der Waals surface area contributed by atoms with Gasteiger partial charge in [0, 0.05) is 12.1 Å². The number of amides is 2. The minimum atomic E-state index is -4.23. The molecule has 15 heteroatoms. The van der Waals surface area contributed by atoms with Gasteiger partial charge in [0.15, 0.2) is 6.17 Å². The molecule has 254 valence electrons. The number of carbonyl (C=O) groups is 2. The SMILES string of the molecule is CCCCOc1ccc([C@H]2N(C(=O)c3cc([N+](=O)[O-])cc([N+](=O)[O-])c3)N2C(=O)[C@@H](Cc2ccccc2)NS(=O)(=O)c2ccc(C)cc2)cc1. The Morgan fingerprint density at radius 1 is 0.878 bits per heavy atom. The number of nitrogens with zero attached hydrogens (tertiary/aromatic N) is 4. The van der Waals surface area contributed by atoms with Crippen LogP contribution >= 0.6 is 0 Å². The van der Waals surface area contributed by atoms with Crippen molar-refractivity contribution in [3.63, 3.8) is 0 Å². The number of unbranched alkanes of at least 4 members (excludes halogenated alkanes) is 1. The van der Waals surface area contributed by atoms with Crippen molar-refractivity contribution in [3.05, 3.63) is 140 Å². The second-order valence-electron chi connectivity index (χ2n) is 11.4. The molecular weight excluding hydrogens is 654 g/mol. The van der Waals surface area contributed by atoms with Crippen molar-refractivity contribution < 1.29 is 32.6 Å². The summed E-state index contributed by atoms with van der Waals surface area (Å²) in [5, 5.41) is 25.2. The maximum atomic E-state index is 14.4. The zero-order valence-corrected chi connectivity index (χ0v) is 27.4. The molecule has 1 aliphatic rings. The number of sulfonamides is 1. The molecule has 0 saturated carbocycles. The van der Waals surface area contributed by atoms with E-state index in [1.54, 1.807) is 73.7 Å². The molecule has 49 heavy (non-hydrogen) atoms. The molecule has 0 bridgehead atoms. The maximum absolute atomic E-state index is 14.4. The highest BCUT2D eigenvalue weighted by Gasteiger charge is 2.55. The molecule has 0 spiro atoms. The van der Waals surface area contributed by atoms with Crippen LogP contribution in [-0.4, -0.2) is 52.7 Å². The zero-order valence-electron chi connectivity index (χ0n) is 26.6. The van der Waals surface area contributed by atoms with Gasteiger partial charge >= 0.3 is 0 Å². The lowest BCUT2D eigenvalue weighted by atomic mass is 10.1. The van der Waals surface area contributed by atoms with Crippen molar-refractivity contribution in [3.8, 4) is 5.75 Å². The van der Waals surface area contributed by atoms with Gasteiger partial charge in [0.05, 0.1) is 33.0 Å². The third-order valence-corrected chi connectivity index (χ3v) is 9.29. The van der Waals surface area contributed by atoms with Gasteiger partial charge in [-0.3, -0.25) is 29.8 Å². The van der Waals surface area contributed by atoms with Crippen LogP contribution in [-0.2, 0) is 21.2 Å². The fraction of sp³-hybridized carbons (Fsp3) is 0.235. The summed E-state index contributed by atoms with van der Waals surface area (Å²) in [5.74, 6) is -1.18. The van der Waals surface area contributed by atoms with E-state index >= 15 is 0 Å². The van der Waals surface area contributed by atoms with E-state index in [9.17, 15) is 38.2 Å². The molecule has 4 aromatic rings. The van der Waals surface area contributed by atoms with Crippen LogP contribution in [0.5, 0.6) is 5.75 Å². The Balaban J connectivity index is 1.54. The molecule has 4 aromatic carbocycles. The molecule has 2 amide bonds. The Morgan fingerprint density at radius 3 is 2.06 bits per heavy atom. The number of rotatable bonds is 14. The van der Waals surface area contributed by atoms with Crippen molar-refractivity contribution in [2.75, 3.05) is 6.61 Å². The minimum absolute atomic E-state index is 0.0678. The second kappa shape index (κ2) is 14.6. The number of hydrogen-bond donors (Lipinski definition) is 1. The first kappa shape index (κ1) is 34.7. The summed E-state index contributed by atoms with van der Waals surface area (Å²) in [6.45, 7) is 4.32. The van der Waals surface area contributed by atoms with Gasteiger partial charge in [-0.25, -0.2) is 18.4 Å². The van der Waals surface area contributed by atoms with Crippen LogP contribution in [0.1, 0.15) is 53.0 Å². The number of aryl methyl sites for hydroxylation is 1. The van der Waals surface area contributed by atoms with E-state index in [0.29, 0.717) is 23.5 Å². The van der Waals surface area contributed by atoms with Crippen LogP contribution in [0.15, 0.2) is 102 Å². The number of non-ortho nitro benzene ring substituents is 2. The predicted molar refractivity (Wildman–Crippen MR) is 178 cm³/mol. The molecule has 1 saturated heterocycles. The van der Waals surface area contributed by atoms with Crippen LogP contribution in [0, 0.1) is 27.2 Å². The maximum Gasteiger partial charge on any atom is 0.277 e. The fourth-order valence-corrected chi connectivity index (χ4v) is 6.37. The number of nitro groups is 2. The molecular formula is C34H33N5O9S. The standard InChI is InChI=1S/C34H33N5O9S/c1-3-4-18-48-29-14-12-25(13-15-29)32-36(33(40)26-20-27(38(42)43)22-28(21-26)39(44)45)37(32)34(41)31(19-24-8-6-5-7-9-24)35-49(46,47)30-16-10-23(2)11-17-30/h5-17,20-22,31-32,35H,3-4,18-19H2,1-2H3/t31-,32+,36?,37?/m1/s1. The number of hydrogen-bond acceptors (Lipinski definition) is 9. The van der Waals surface area contributed by atoms with Crippen molar-refractivity contribution in [2.24, 2.45) is 0 Å². The molecule has 5 rings (SSSR count). The topological polar surface area (TPSA) is 182 Å². The molecule has 0 aliphatic carbocycles. The minimum Gasteiger partial charge on any atom is -0.494 e. The van der Waals surface area contributed by atoms with E-state index in [-0.39, 0.29) is 11.3 Å². The fourth-order valence-electron chi connectivity index (χ4n) is 5.18. The van der Waals surface area contributed by atoms with Crippen LogP contribution < -0.4 is 9.46 Å². The smallest absolute Gasteiger partial charge is 0.277 e.